The summed E-state index contributed by atoms with van der Waals surface area (Å²) in [4.78, 5) is 0. The van der Waals surface area contributed by atoms with Crippen LogP contribution in [0.15, 0.2) is 18.2 Å². The molecule has 0 spiro atoms. The van der Waals surface area contributed by atoms with Gasteiger partial charge in [0, 0.05) is 5.33 Å². The molecule has 0 bridgehead atoms. The van der Waals surface area contributed by atoms with Gasteiger partial charge in [-0.3, -0.25) is 0 Å². The van der Waals surface area contributed by atoms with Gasteiger partial charge in [-0.15, -0.1) is 0 Å². The summed E-state index contributed by atoms with van der Waals surface area (Å²) >= 11 is 2.99. The molecule has 0 aliphatic carbocycles. The topological polar surface area (TPSA) is 80.9 Å². The summed E-state index contributed by atoms with van der Waals surface area (Å²) in [5, 5.41) is 37.7. The first-order chi connectivity index (χ1) is 6.57. The smallest absolute Gasteiger partial charge is 0.125 e. The highest BCUT2D eigenvalue weighted by Gasteiger charge is 2.23. The molecule has 0 saturated heterocycles. The lowest BCUT2D eigenvalue weighted by molar-refractivity contribution is 0.0312. The van der Waals surface area contributed by atoms with Crippen LogP contribution in [0.25, 0.3) is 0 Å². The number of alkyl halides is 1. The van der Waals surface area contributed by atoms with Gasteiger partial charge in [-0.2, -0.15) is 0 Å². The number of rotatable bonds is 3. The molecule has 1 aromatic carbocycles. The van der Waals surface area contributed by atoms with E-state index in [0.29, 0.717) is 0 Å². The minimum absolute atomic E-state index is 0.0561. The number of halogens is 1. The molecule has 0 amide bonds. The Labute approximate surface area is 89.6 Å². The van der Waals surface area contributed by atoms with Crippen molar-refractivity contribution in [1.82, 2.24) is 0 Å². The average Bonchev–Trinajstić information content (AvgIpc) is 2.16. The number of phenolic OH excluding ortho intramolecular Hbond substituents is 2. The molecule has 5 heteroatoms. The zero-order valence-electron chi connectivity index (χ0n) is 7.26. The Morgan fingerprint density at radius 3 is 2.07 bits per heavy atom. The minimum atomic E-state index is -1.31. The van der Waals surface area contributed by atoms with Crippen molar-refractivity contribution in [2.75, 3.05) is 5.33 Å². The number of hydrogen-bond donors (Lipinski definition) is 4. The van der Waals surface area contributed by atoms with Crippen molar-refractivity contribution >= 4 is 15.9 Å². The first kappa shape index (κ1) is 11.3. The predicted octanol–water partition coefficient (Wildman–Crippen LogP) is 0.887. The van der Waals surface area contributed by atoms with Crippen LogP contribution in [0.3, 0.4) is 0 Å². The lowest BCUT2D eigenvalue weighted by Crippen LogP contribution is -2.19. The van der Waals surface area contributed by atoms with Crippen LogP contribution < -0.4 is 0 Å². The van der Waals surface area contributed by atoms with E-state index in [0.717, 1.165) is 0 Å². The second-order valence-electron chi connectivity index (χ2n) is 2.88. The van der Waals surface area contributed by atoms with Crippen molar-refractivity contribution in [1.29, 1.82) is 0 Å². The Bertz CT molecular complexity index is 295. The molecule has 2 atom stereocenters. The molecule has 0 aromatic heterocycles. The van der Waals surface area contributed by atoms with E-state index >= 15 is 0 Å². The van der Waals surface area contributed by atoms with Gasteiger partial charge in [0.1, 0.15) is 17.6 Å². The molecule has 4 nitrogen and oxygen atoms in total. The van der Waals surface area contributed by atoms with Gasteiger partial charge in [0.2, 0.25) is 0 Å². The number of phenols is 2. The van der Waals surface area contributed by atoms with Gasteiger partial charge in [-0.25, -0.2) is 0 Å². The number of aromatic hydroxyl groups is 2. The van der Waals surface area contributed by atoms with Crippen molar-refractivity contribution in [3.05, 3.63) is 23.8 Å². The fourth-order valence-corrected chi connectivity index (χ4v) is 1.48. The number of aliphatic hydroxyl groups is 2. The molecule has 1 rings (SSSR count). The Morgan fingerprint density at radius 2 is 1.64 bits per heavy atom. The zero-order chi connectivity index (χ0) is 10.7. The summed E-state index contributed by atoms with van der Waals surface area (Å²) in [5.41, 5.74) is -0.0561. The van der Waals surface area contributed by atoms with Crippen LogP contribution in [0.4, 0.5) is 0 Å². The number of hydrogen-bond acceptors (Lipinski definition) is 4. The summed E-state index contributed by atoms with van der Waals surface area (Å²) in [6.07, 6.45) is -2.38. The molecular formula is C9H11BrO4. The van der Waals surface area contributed by atoms with Crippen LogP contribution in [0.5, 0.6) is 11.5 Å². The third kappa shape index (κ3) is 2.17. The Morgan fingerprint density at radius 1 is 1.14 bits per heavy atom. The monoisotopic (exact) mass is 262 g/mol. The highest BCUT2D eigenvalue weighted by molar-refractivity contribution is 9.09. The molecule has 0 heterocycles. The van der Waals surface area contributed by atoms with E-state index in [-0.39, 0.29) is 22.4 Å². The Kier molecular flexibility index (Phi) is 3.74. The van der Waals surface area contributed by atoms with Crippen molar-refractivity contribution in [3.8, 4) is 11.5 Å². The highest BCUT2D eigenvalue weighted by atomic mass is 79.9. The van der Waals surface area contributed by atoms with E-state index < -0.39 is 12.2 Å². The van der Waals surface area contributed by atoms with Crippen LogP contribution in [-0.4, -0.2) is 31.9 Å². The molecule has 4 N–H and O–H groups in total. The van der Waals surface area contributed by atoms with Gasteiger partial charge in [0.25, 0.3) is 0 Å². The summed E-state index contributed by atoms with van der Waals surface area (Å²) < 4.78 is 0. The zero-order valence-corrected chi connectivity index (χ0v) is 8.85. The second kappa shape index (κ2) is 4.63. The van der Waals surface area contributed by atoms with E-state index in [1.807, 2.05) is 0 Å². The van der Waals surface area contributed by atoms with Crippen molar-refractivity contribution in [3.63, 3.8) is 0 Å². The third-order valence-corrected chi connectivity index (χ3v) is 2.54. The van der Waals surface area contributed by atoms with Gasteiger partial charge < -0.3 is 20.4 Å². The summed E-state index contributed by atoms with van der Waals surface area (Å²) in [6.45, 7) is 0. The lowest BCUT2D eigenvalue weighted by atomic mass is 10.0. The maximum absolute atomic E-state index is 9.55. The Balaban J connectivity index is 3.05. The van der Waals surface area contributed by atoms with Gasteiger partial charge in [-0.05, 0) is 12.1 Å². The molecule has 1 aromatic rings. The van der Waals surface area contributed by atoms with Crippen LogP contribution in [0.1, 0.15) is 11.7 Å². The molecule has 0 fully saturated rings. The van der Waals surface area contributed by atoms with Crippen LogP contribution in [0.2, 0.25) is 0 Å². The maximum atomic E-state index is 9.55. The largest absolute Gasteiger partial charge is 0.507 e. The van der Waals surface area contributed by atoms with E-state index in [1.165, 1.54) is 18.2 Å². The van der Waals surface area contributed by atoms with Gasteiger partial charge in [-0.1, -0.05) is 22.0 Å². The van der Waals surface area contributed by atoms with E-state index in [4.69, 9.17) is 0 Å². The fourth-order valence-electron chi connectivity index (χ4n) is 1.12. The van der Waals surface area contributed by atoms with Crippen molar-refractivity contribution in [2.45, 2.75) is 12.2 Å². The van der Waals surface area contributed by atoms with Crippen molar-refractivity contribution < 1.29 is 20.4 Å². The minimum Gasteiger partial charge on any atom is -0.507 e. The summed E-state index contributed by atoms with van der Waals surface area (Å²) in [7, 11) is 0. The maximum Gasteiger partial charge on any atom is 0.125 e. The van der Waals surface area contributed by atoms with Crippen LogP contribution in [-0.2, 0) is 0 Å². The number of aliphatic hydroxyl groups excluding tert-OH is 2. The SMILES string of the molecule is Oc1cccc(O)c1C(O)C(O)CBr. The van der Waals surface area contributed by atoms with Gasteiger partial charge in [0.05, 0.1) is 11.7 Å². The summed E-state index contributed by atoms with van der Waals surface area (Å²) in [6, 6.07) is 4.11. The predicted molar refractivity (Wildman–Crippen MR) is 54.5 cm³/mol. The molecule has 0 aliphatic rings. The van der Waals surface area contributed by atoms with E-state index in [1.54, 1.807) is 0 Å². The molecule has 0 radical (unpaired) electrons. The first-order valence-electron chi connectivity index (χ1n) is 4.01. The Hall–Kier alpha value is -0.780. The van der Waals surface area contributed by atoms with Gasteiger partial charge >= 0.3 is 0 Å². The second-order valence-corrected chi connectivity index (χ2v) is 3.52. The first-order valence-corrected chi connectivity index (χ1v) is 5.13. The normalized spacial score (nSPS) is 15.1. The molecule has 0 saturated carbocycles. The van der Waals surface area contributed by atoms with Gasteiger partial charge in [0.15, 0.2) is 0 Å². The molecular weight excluding hydrogens is 252 g/mol. The molecule has 78 valence electrons. The molecule has 0 aliphatic heterocycles. The fraction of sp³-hybridized carbons (Fsp3) is 0.333. The van der Waals surface area contributed by atoms with E-state index in [2.05, 4.69) is 15.9 Å². The quantitative estimate of drug-likeness (QED) is 0.610. The van der Waals surface area contributed by atoms with Crippen molar-refractivity contribution in [2.24, 2.45) is 0 Å². The number of benzene rings is 1. The highest BCUT2D eigenvalue weighted by Crippen LogP contribution is 2.34. The standard InChI is InChI=1S/C9H11BrO4/c10-4-7(13)9(14)8-5(11)2-1-3-6(8)12/h1-3,7,9,11-14H,4H2. The molecule has 2 unspecified atom stereocenters. The van der Waals surface area contributed by atoms with E-state index in [9.17, 15) is 20.4 Å². The molecule has 14 heavy (non-hydrogen) atoms. The van der Waals surface area contributed by atoms with Crippen LogP contribution >= 0.6 is 15.9 Å². The lowest BCUT2D eigenvalue weighted by Gasteiger charge is -2.17. The average molecular weight is 263 g/mol. The van der Waals surface area contributed by atoms with Crippen LogP contribution in [0, 0.1) is 0 Å². The summed E-state index contributed by atoms with van der Waals surface area (Å²) in [5.74, 6) is -0.477. The third-order valence-electron chi connectivity index (χ3n) is 1.88.